The van der Waals surface area contributed by atoms with Crippen LogP contribution < -0.4 is 14.8 Å². The van der Waals surface area contributed by atoms with Gasteiger partial charge in [-0.1, -0.05) is 6.07 Å². The van der Waals surface area contributed by atoms with Gasteiger partial charge >= 0.3 is 0 Å². The molecule has 1 heterocycles. The number of halogens is 2. The Morgan fingerprint density at radius 1 is 1.14 bits per heavy atom. The molecule has 0 bridgehead atoms. The van der Waals surface area contributed by atoms with E-state index in [-0.39, 0.29) is 11.7 Å². The first kappa shape index (κ1) is 20.8. The minimum atomic E-state index is -0.648. The molecule has 5 nitrogen and oxygen atoms in total. The minimum absolute atomic E-state index is 0.0232. The number of hydrogen-bond acceptors (Lipinski definition) is 4. The maximum absolute atomic E-state index is 14.1. The van der Waals surface area contributed by atoms with Gasteiger partial charge in [0.1, 0.15) is 11.5 Å². The third-order valence-electron chi connectivity index (χ3n) is 4.79. The van der Waals surface area contributed by atoms with Gasteiger partial charge in [0.2, 0.25) is 0 Å². The first-order chi connectivity index (χ1) is 13.9. The zero-order valence-corrected chi connectivity index (χ0v) is 17.0. The second-order valence-electron chi connectivity index (χ2n) is 6.71. The van der Waals surface area contributed by atoms with E-state index in [2.05, 4.69) is 10.4 Å². The molecule has 1 aromatic heterocycles. The van der Waals surface area contributed by atoms with Crippen LogP contribution in [0.3, 0.4) is 0 Å². The molecule has 0 radical (unpaired) electrons. The summed E-state index contributed by atoms with van der Waals surface area (Å²) in [5.41, 5.74) is 3.00. The highest BCUT2D eigenvalue weighted by Gasteiger charge is 2.16. The van der Waals surface area contributed by atoms with Crippen LogP contribution >= 0.6 is 0 Å². The van der Waals surface area contributed by atoms with Gasteiger partial charge in [0.25, 0.3) is 0 Å². The summed E-state index contributed by atoms with van der Waals surface area (Å²) < 4.78 is 39.7. The summed E-state index contributed by atoms with van der Waals surface area (Å²) in [6.07, 6.45) is 1.70. The molecule has 1 N–H and O–H groups in total. The molecule has 3 rings (SSSR count). The largest absolute Gasteiger partial charge is 0.493 e. The van der Waals surface area contributed by atoms with Crippen LogP contribution in [0.15, 0.2) is 42.6 Å². The van der Waals surface area contributed by atoms with Crippen molar-refractivity contribution in [3.05, 3.63) is 71.1 Å². The lowest BCUT2D eigenvalue weighted by Crippen LogP contribution is -2.18. The summed E-state index contributed by atoms with van der Waals surface area (Å²) in [6, 6.07) is 9.26. The predicted octanol–water partition coefficient (Wildman–Crippen LogP) is 4.72. The van der Waals surface area contributed by atoms with E-state index in [0.29, 0.717) is 24.7 Å². The van der Waals surface area contributed by atoms with E-state index in [9.17, 15) is 8.78 Å². The molecule has 0 unspecified atom stereocenters. The lowest BCUT2D eigenvalue weighted by molar-refractivity contribution is 0.310. The van der Waals surface area contributed by atoms with Gasteiger partial charge in [0.05, 0.1) is 19.9 Å². The number of benzene rings is 2. The molecular weight excluding hydrogens is 376 g/mol. The molecule has 0 aliphatic rings. The molecule has 0 aliphatic heterocycles. The smallest absolute Gasteiger partial charge is 0.161 e. The van der Waals surface area contributed by atoms with Crippen LogP contribution in [0.1, 0.15) is 36.7 Å². The normalized spacial score (nSPS) is 12.1. The predicted molar refractivity (Wildman–Crippen MR) is 108 cm³/mol. The second-order valence-corrected chi connectivity index (χ2v) is 6.71. The number of nitrogens with one attached hydrogen (secondary N) is 1. The van der Waals surface area contributed by atoms with Gasteiger partial charge in [0.15, 0.2) is 17.3 Å². The maximum Gasteiger partial charge on any atom is 0.161 e. The fourth-order valence-electron chi connectivity index (χ4n) is 3.22. The maximum atomic E-state index is 14.1. The quantitative estimate of drug-likeness (QED) is 0.594. The first-order valence-corrected chi connectivity index (χ1v) is 9.47. The van der Waals surface area contributed by atoms with Crippen molar-refractivity contribution < 1.29 is 18.3 Å². The van der Waals surface area contributed by atoms with E-state index >= 15 is 0 Å². The first-order valence-electron chi connectivity index (χ1n) is 9.47. The minimum Gasteiger partial charge on any atom is -0.493 e. The molecule has 0 aliphatic carbocycles. The van der Waals surface area contributed by atoms with Crippen molar-refractivity contribution in [2.24, 2.45) is 0 Å². The number of rotatable bonds is 8. The fraction of sp³-hybridized carbons (Fsp3) is 0.318. The second kappa shape index (κ2) is 9.05. The Hall–Kier alpha value is -2.93. The van der Waals surface area contributed by atoms with Gasteiger partial charge in [-0.15, -0.1) is 0 Å². The summed E-state index contributed by atoms with van der Waals surface area (Å²) in [7, 11) is 1.61. The highest BCUT2D eigenvalue weighted by atomic mass is 19.1. The van der Waals surface area contributed by atoms with Crippen LogP contribution in [0.4, 0.5) is 8.78 Å². The Labute approximate surface area is 169 Å². The van der Waals surface area contributed by atoms with Crippen molar-refractivity contribution in [2.45, 2.75) is 33.4 Å². The van der Waals surface area contributed by atoms with Crippen LogP contribution in [0, 0.1) is 18.6 Å². The van der Waals surface area contributed by atoms with Gasteiger partial charge < -0.3 is 14.8 Å². The van der Waals surface area contributed by atoms with Gasteiger partial charge in [-0.3, -0.25) is 0 Å². The Morgan fingerprint density at radius 2 is 1.93 bits per heavy atom. The van der Waals surface area contributed by atoms with Gasteiger partial charge in [-0.05, 0) is 50.6 Å². The molecule has 3 aromatic rings. The topological polar surface area (TPSA) is 48.3 Å². The van der Waals surface area contributed by atoms with E-state index < -0.39 is 11.6 Å². The average Bonchev–Trinajstić information content (AvgIpc) is 3.08. The van der Waals surface area contributed by atoms with Gasteiger partial charge in [-0.25, -0.2) is 13.5 Å². The number of methoxy groups -OCH3 is 1. The molecule has 154 valence electrons. The third-order valence-corrected chi connectivity index (χ3v) is 4.79. The van der Waals surface area contributed by atoms with Crippen LogP contribution in [-0.2, 0) is 6.54 Å². The van der Waals surface area contributed by atoms with E-state index in [1.165, 1.54) is 16.8 Å². The van der Waals surface area contributed by atoms with E-state index in [1.807, 2.05) is 39.0 Å². The molecule has 29 heavy (non-hydrogen) atoms. The molecule has 0 amide bonds. The summed E-state index contributed by atoms with van der Waals surface area (Å²) in [5, 5.41) is 7.74. The van der Waals surface area contributed by atoms with Crippen LogP contribution in [0.25, 0.3) is 5.69 Å². The van der Waals surface area contributed by atoms with Crippen molar-refractivity contribution in [3.8, 4) is 17.2 Å². The van der Waals surface area contributed by atoms with Gasteiger partial charge in [-0.2, -0.15) is 5.10 Å². The summed E-state index contributed by atoms with van der Waals surface area (Å²) >= 11 is 0. The Bertz CT molecular complexity index is 988. The lowest BCUT2D eigenvalue weighted by atomic mass is 10.1. The van der Waals surface area contributed by atoms with Crippen LogP contribution in [0.5, 0.6) is 11.5 Å². The zero-order valence-electron chi connectivity index (χ0n) is 17.0. The molecule has 1 atom stereocenters. The highest BCUT2D eigenvalue weighted by molar-refractivity contribution is 5.43. The fourth-order valence-corrected chi connectivity index (χ4v) is 3.22. The van der Waals surface area contributed by atoms with Gasteiger partial charge in [0, 0.05) is 29.9 Å². The molecule has 0 fully saturated rings. The molecular formula is C22H25F2N3O2. The Kier molecular flexibility index (Phi) is 6.49. The van der Waals surface area contributed by atoms with Crippen molar-refractivity contribution in [3.63, 3.8) is 0 Å². The number of aromatic nitrogens is 2. The number of ether oxygens (including phenoxy) is 2. The molecule has 0 saturated heterocycles. The zero-order chi connectivity index (χ0) is 21.0. The summed E-state index contributed by atoms with van der Waals surface area (Å²) in [4.78, 5) is 0. The molecule has 0 saturated carbocycles. The lowest BCUT2D eigenvalue weighted by Gasteiger charge is -2.16. The summed E-state index contributed by atoms with van der Waals surface area (Å²) in [6.45, 7) is 6.98. The highest BCUT2D eigenvalue weighted by Crippen LogP contribution is 2.28. The van der Waals surface area contributed by atoms with E-state index in [0.717, 1.165) is 22.9 Å². The number of hydrogen-bond donors (Lipinski definition) is 1. The Balaban J connectivity index is 1.74. The Morgan fingerprint density at radius 3 is 2.62 bits per heavy atom. The van der Waals surface area contributed by atoms with Crippen molar-refractivity contribution in [1.29, 1.82) is 0 Å². The van der Waals surface area contributed by atoms with E-state index in [4.69, 9.17) is 9.47 Å². The molecule has 0 spiro atoms. The molecule has 7 heteroatoms. The van der Waals surface area contributed by atoms with Crippen molar-refractivity contribution in [2.75, 3.05) is 13.7 Å². The summed E-state index contributed by atoms with van der Waals surface area (Å²) in [5.74, 6) is 0.141. The van der Waals surface area contributed by atoms with Crippen molar-refractivity contribution >= 4 is 0 Å². The standard InChI is InChI=1S/C22H25F2N3O2/c1-5-29-22-10-16(6-9-21(22)28-4)12-25-14(2)18-13-26-27(15(18)3)20-8-7-17(23)11-19(20)24/h6-11,13-14,25H,5,12H2,1-4H3/t14-/m0/s1. The third kappa shape index (κ3) is 4.56. The molecule has 2 aromatic carbocycles. The SMILES string of the molecule is CCOc1cc(CN[C@@H](C)c2cnn(-c3ccc(F)cc3F)c2C)ccc1OC. The van der Waals surface area contributed by atoms with Crippen LogP contribution in [0.2, 0.25) is 0 Å². The monoisotopic (exact) mass is 401 g/mol. The number of nitrogens with zero attached hydrogens (tertiary/aromatic N) is 2. The average molecular weight is 401 g/mol. The van der Waals surface area contributed by atoms with Crippen molar-refractivity contribution in [1.82, 2.24) is 15.1 Å². The van der Waals surface area contributed by atoms with Crippen LogP contribution in [-0.4, -0.2) is 23.5 Å². The van der Waals surface area contributed by atoms with E-state index in [1.54, 1.807) is 13.3 Å².